The number of fused-ring (bicyclic) bond motifs is 2. The first kappa shape index (κ1) is 29.1. The number of nitro benzene ring substituents is 1. The highest BCUT2D eigenvalue weighted by Gasteiger charge is 2.69. The highest BCUT2D eigenvalue weighted by Crippen LogP contribution is 2.58. The van der Waals surface area contributed by atoms with Crippen molar-refractivity contribution in [2.75, 3.05) is 6.54 Å². The molecule has 4 heterocycles. The van der Waals surface area contributed by atoms with Crippen molar-refractivity contribution in [2.45, 2.75) is 49.0 Å². The topological polar surface area (TPSA) is 137 Å². The molecule has 0 radical (unpaired) electrons. The van der Waals surface area contributed by atoms with Crippen LogP contribution in [0.1, 0.15) is 35.7 Å². The number of imidazole rings is 1. The van der Waals surface area contributed by atoms with E-state index in [1.165, 1.54) is 53.4 Å². The first-order chi connectivity index (χ1) is 20.6. The number of thioether (sulfide) groups is 1. The molecule has 14 heteroatoms. The molecular formula is C29H26BrN5O7S. The molecule has 12 nitrogen and oxygen atoms in total. The third kappa shape index (κ3) is 5.45. The molecule has 0 aliphatic carbocycles. The van der Waals surface area contributed by atoms with E-state index >= 15 is 0 Å². The zero-order valence-corrected chi connectivity index (χ0v) is 25.3. The van der Waals surface area contributed by atoms with Crippen molar-refractivity contribution >= 4 is 51.2 Å². The first-order valence-corrected chi connectivity index (χ1v) is 15.2. The molecular weight excluding hydrogens is 642 g/mol. The summed E-state index contributed by atoms with van der Waals surface area (Å²) in [5, 5.41) is 11.8. The number of hydrogen-bond donors (Lipinski definition) is 0. The van der Waals surface area contributed by atoms with Crippen LogP contribution in [0.2, 0.25) is 0 Å². The molecule has 43 heavy (non-hydrogen) atoms. The van der Waals surface area contributed by atoms with Gasteiger partial charge in [0.25, 0.3) is 11.6 Å². The highest BCUT2D eigenvalue weighted by molar-refractivity contribution is 9.10. The summed E-state index contributed by atoms with van der Waals surface area (Å²) < 4.78 is 11.8. The van der Waals surface area contributed by atoms with Crippen molar-refractivity contribution in [3.63, 3.8) is 0 Å². The van der Waals surface area contributed by atoms with E-state index in [4.69, 9.17) is 14.5 Å². The number of amides is 1. The number of carbonyl (C=O) groups is 3. The fourth-order valence-electron chi connectivity index (χ4n) is 5.38. The summed E-state index contributed by atoms with van der Waals surface area (Å²) in [4.78, 5) is 57.6. The second-order valence-electron chi connectivity index (χ2n) is 10.4. The van der Waals surface area contributed by atoms with Gasteiger partial charge < -0.3 is 14.0 Å². The van der Waals surface area contributed by atoms with Crippen molar-refractivity contribution in [2.24, 2.45) is 0 Å². The molecule has 3 atom stereocenters. The number of β-lactam (4-membered cyclic amide) rings is 1. The zero-order chi connectivity index (χ0) is 30.3. The van der Waals surface area contributed by atoms with E-state index in [1.807, 2.05) is 29.0 Å². The highest BCUT2D eigenvalue weighted by atomic mass is 79.9. The quantitative estimate of drug-likeness (QED) is 0.108. The van der Waals surface area contributed by atoms with Gasteiger partial charge in [-0.1, -0.05) is 46.3 Å². The van der Waals surface area contributed by atoms with Crippen LogP contribution in [0, 0.1) is 10.1 Å². The molecule has 3 aromatic rings. The number of nitrogens with zero attached hydrogens (tertiary/aromatic N) is 5. The minimum absolute atomic E-state index is 0.0688. The molecule has 3 unspecified atom stereocenters. The van der Waals surface area contributed by atoms with Crippen molar-refractivity contribution in [3.8, 4) is 0 Å². The molecule has 0 N–H and O–H groups in total. The number of ether oxygens (including phenoxy) is 2. The first-order valence-electron chi connectivity index (χ1n) is 13.4. The third-order valence-electron chi connectivity index (χ3n) is 7.52. The van der Waals surface area contributed by atoms with Crippen LogP contribution in [0.5, 0.6) is 0 Å². The zero-order valence-electron chi connectivity index (χ0n) is 22.9. The van der Waals surface area contributed by atoms with Crippen LogP contribution in [0.3, 0.4) is 0 Å². The average Bonchev–Trinajstić information content (AvgIpc) is 3.62. The molecule has 0 spiro atoms. The second-order valence-corrected chi connectivity index (χ2v) is 12.7. The summed E-state index contributed by atoms with van der Waals surface area (Å²) in [5.74, 6) is -0.924. The van der Waals surface area contributed by atoms with Gasteiger partial charge in [-0.25, -0.2) is 9.78 Å². The standard InChI is InChI=1S/C29H26BrN5O7S/c1-18(36)42-25(22-14-33-12-11-32(15-24(33)31-22)13-19-5-3-2-4-6-19)29(30)27(38)34-23(17-43-28(29)34)26(37)41-16-20-7-9-21(10-8-20)35(39)40/h2-10,14,17,25,28H,11-13,15-16H2,1H3. The van der Waals surface area contributed by atoms with Crippen molar-refractivity contribution < 1.29 is 28.8 Å². The lowest BCUT2D eigenvalue weighted by Crippen LogP contribution is -2.70. The van der Waals surface area contributed by atoms with Crippen LogP contribution >= 0.6 is 27.7 Å². The van der Waals surface area contributed by atoms with Crippen LogP contribution < -0.4 is 0 Å². The van der Waals surface area contributed by atoms with Gasteiger partial charge in [-0.05, 0) is 23.3 Å². The van der Waals surface area contributed by atoms with E-state index in [0.717, 1.165) is 18.9 Å². The molecule has 1 aromatic heterocycles. The number of carbonyl (C=O) groups excluding carboxylic acids is 3. The van der Waals surface area contributed by atoms with E-state index in [1.54, 1.807) is 5.41 Å². The molecule has 3 aliphatic heterocycles. The van der Waals surface area contributed by atoms with Crippen LogP contribution in [0.4, 0.5) is 5.69 Å². The van der Waals surface area contributed by atoms with Gasteiger partial charge in [-0.15, -0.1) is 11.8 Å². The predicted molar refractivity (Wildman–Crippen MR) is 158 cm³/mol. The van der Waals surface area contributed by atoms with Gasteiger partial charge in [-0.2, -0.15) is 0 Å². The Morgan fingerprint density at radius 2 is 1.91 bits per heavy atom. The van der Waals surface area contributed by atoms with Gasteiger partial charge in [-0.3, -0.25) is 29.5 Å². The molecule has 3 aliphatic rings. The summed E-state index contributed by atoms with van der Waals surface area (Å²) in [6.07, 6.45) is 0.796. The number of benzene rings is 2. The Labute approximate surface area is 258 Å². The number of nitro groups is 1. The number of rotatable bonds is 9. The lowest BCUT2D eigenvalue weighted by atomic mass is 9.89. The summed E-state index contributed by atoms with van der Waals surface area (Å²) in [7, 11) is 0. The fraction of sp³-hybridized carbons (Fsp3) is 0.310. The summed E-state index contributed by atoms with van der Waals surface area (Å²) in [6.45, 7) is 4.05. The second kappa shape index (κ2) is 11.6. The van der Waals surface area contributed by atoms with Crippen LogP contribution in [0.25, 0.3) is 0 Å². The lowest BCUT2D eigenvalue weighted by Gasteiger charge is -2.51. The summed E-state index contributed by atoms with van der Waals surface area (Å²) in [6, 6.07) is 15.8. The van der Waals surface area contributed by atoms with Crippen LogP contribution in [0.15, 0.2) is 71.9 Å². The van der Waals surface area contributed by atoms with Gasteiger partial charge in [0.2, 0.25) is 0 Å². The van der Waals surface area contributed by atoms with Crippen molar-refractivity contribution in [3.05, 3.63) is 105 Å². The lowest BCUT2D eigenvalue weighted by molar-refractivity contribution is -0.384. The maximum Gasteiger partial charge on any atom is 0.355 e. The summed E-state index contributed by atoms with van der Waals surface area (Å²) in [5.41, 5.74) is 2.21. The summed E-state index contributed by atoms with van der Waals surface area (Å²) >= 11 is 4.84. The number of hydrogen-bond acceptors (Lipinski definition) is 10. The number of alkyl halides is 1. The van der Waals surface area contributed by atoms with Gasteiger partial charge in [0.1, 0.15) is 29.2 Å². The molecule has 1 saturated heterocycles. The Balaban J connectivity index is 1.15. The maximum atomic E-state index is 13.7. The van der Waals surface area contributed by atoms with Crippen molar-refractivity contribution in [1.29, 1.82) is 0 Å². The molecule has 222 valence electrons. The van der Waals surface area contributed by atoms with E-state index in [2.05, 4.69) is 33.0 Å². The molecule has 0 saturated carbocycles. The minimum atomic E-state index is -1.35. The van der Waals surface area contributed by atoms with Gasteiger partial charge in [0, 0.05) is 50.3 Å². The molecule has 6 rings (SSSR count). The van der Waals surface area contributed by atoms with Gasteiger partial charge in [0.05, 0.1) is 11.5 Å². The molecule has 1 fully saturated rings. The Hall–Kier alpha value is -4.01. The Morgan fingerprint density at radius 1 is 1.16 bits per heavy atom. The Bertz CT molecular complexity index is 1630. The SMILES string of the molecule is CC(=O)OC(c1cn2c(n1)CN(Cc1ccccc1)CC2)C1(Br)C(=O)N2C(C(=O)OCc3ccc([N+](=O)[O-])cc3)=CSC21. The van der Waals surface area contributed by atoms with E-state index in [0.29, 0.717) is 24.3 Å². The molecule has 2 aromatic carbocycles. The predicted octanol–water partition coefficient (Wildman–Crippen LogP) is 4.04. The number of esters is 2. The Morgan fingerprint density at radius 3 is 2.60 bits per heavy atom. The normalized spacial score (nSPS) is 21.7. The van der Waals surface area contributed by atoms with Gasteiger partial charge >= 0.3 is 11.9 Å². The number of aromatic nitrogens is 2. The average molecular weight is 669 g/mol. The third-order valence-corrected chi connectivity index (χ3v) is 10.2. The van der Waals surface area contributed by atoms with Crippen LogP contribution in [-0.2, 0) is 50.1 Å². The van der Waals surface area contributed by atoms with Crippen LogP contribution in [-0.4, -0.2) is 58.4 Å². The molecule has 1 amide bonds. The monoisotopic (exact) mass is 667 g/mol. The van der Waals surface area contributed by atoms with E-state index in [9.17, 15) is 24.5 Å². The smallest absolute Gasteiger partial charge is 0.355 e. The largest absolute Gasteiger partial charge is 0.456 e. The number of non-ortho nitro benzene ring substituents is 1. The molecule has 0 bridgehead atoms. The van der Waals surface area contributed by atoms with Gasteiger partial charge in [0.15, 0.2) is 10.4 Å². The minimum Gasteiger partial charge on any atom is -0.456 e. The fourth-order valence-corrected chi connectivity index (χ4v) is 7.65. The van der Waals surface area contributed by atoms with Crippen molar-refractivity contribution in [1.82, 2.24) is 19.4 Å². The van der Waals surface area contributed by atoms with E-state index in [-0.39, 0.29) is 18.0 Å². The van der Waals surface area contributed by atoms with E-state index < -0.39 is 38.6 Å². The Kier molecular flexibility index (Phi) is 7.83. The maximum absolute atomic E-state index is 13.7. The number of halogens is 1.